The van der Waals surface area contributed by atoms with Gasteiger partial charge in [-0.15, -0.1) is 0 Å². The van der Waals surface area contributed by atoms with Crippen LogP contribution in [0.1, 0.15) is 19.4 Å². The molecule has 2 aromatic rings. The lowest BCUT2D eigenvalue weighted by molar-refractivity contribution is -0.132. The maximum atomic E-state index is 10.9. The minimum Gasteiger partial charge on any atom is -0.494 e. The maximum absolute atomic E-state index is 10.9. The van der Waals surface area contributed by atoms with Gasteiger partial charge in [0.25, 0.3) is 0 Å². The first-order valence-corrected chi connectivity index (χ1v) is 6.26. The first kappa shape index (κ1) is 13.5. The largest absolute Gasteiger partial charge is 0.494 e. The second-order valence-corrected chi connectivity index (χ2v) is 4.50. The average molecular weight is 280 g/mol. The molecule has 0 spiro atoms. The third-order valence-electron chi connectivity index (χ3n) is 2.77. The molecular weight excluding hydrogens is 266 g/mol. The van der Waals surface area contributed by atoms with Gasteiger partial charge in [-0.1, -0.05) is 11.6 Å². The molecular formula is C14H14ClNO3. The van der Waals surface area contributed by atoms with E-state index in [4.69, 9.17) is 21.4 Å². The Morgan fingerprint density at radius 3 is 2.89 bits per heavy atom. The van der Waals surface area contributed by atoms with E-state index in [-0.39, 0.29) is 5.57 Å². The summed E-state index contributed by atoms with van der Waals surface area (Å²) in [5.41, 5.74) is 1.74. The molecule has 1 aromatic carbocycles. The molecule has 5 heteroatoms. The van der Waals surface area contributed by atoms with Crippen LogP contribution in [0.15, 0.2) is 23.8 Å². The van der Waals surface area contributed by atoms with Crippen LogP contribution >= 0.6 is 11.6 Å². The highest BCUT2D eigenvalue weighted by atomic mass is 35.5. The Morgan fingerprint density at radius 1 is 1.53 bits per heavy atom. The minimum atomic E-state index is -0.966. The van der Waals surface area contributed by atoms with Crippen LogP contribution in [-0.4, -0.2) is 22.7 Å². The Hall–Kier alpha value is -1.94. The lowest BCUT2D eigenvalue weighted by atomic mass is 10.1. The van der Waals surface area contributed by atoms with Crippen molar-refractivity contribution in [1.29, 1.82) is 0 Å². The van der Waals surface area contributed by atoms with E-state index < -0.39 is 5.97 Å². The van der Waals surface area contributed by atoms with Gasteiger partial charge >= 0.3 is 5.97 Å². The van der Waals surface area contributed by atoms with E-state index in [0.717, 1.165) is 16.7 Å². The SMILES string of the molecule is CCOc1ccc2[nH]c(Cl)c(/C=C(\C)C(=O)O)c2c1. The number of benzene rings is 1. The highest BCUT2D eigenvalue weighted by molar-refractivity contribution is 6.33. The summed E-state index contributed by atoms with van der Waals surface area (Å²) >= 11 is 6.11. The van der Waals surface area contributed by atoms with Gasteiger partial charge in [-0.05, 0) is 38.1 Å². The van der Waals surface area contributed by atoms with Crippen LogP contribution in [0.5, 0.6) is 5.75 Å². The molecule has 2 rings (SSSR count). The molecule has 0 radical (unpaired) electrons. The zero-order valence-electron chi connectivity index (χ0n) is 10.7. The highest BCUT2D eigenvalue weighted by Crippen LogP contribution is 2.31. The summed E-state index contributed by atoms with van der Waals surface area (Å²) in [6, 6.07) is 5.55. The summed E-state index contributed by atoms with van der Waals surface area (Å²) < 4.78 is 5.44. The summed E-state index contributed by atoms with van der Waals surface area (Å²) in [4.78, 5) is 13.9. The fraction of sp³-hybridized carbons (Fsp3) is 0.214. The van der Waals surface area contributed by atoms with Crippen LogP contribution < -0.4 is 4.74 Å². The molecule has 19 heavy (non-hydrogen) atoms. The van der Waals surface area contributed by atoms with Crippen molar-refractivity contribution in [3.05, 3.63) is 34.5 Å². The Labute approximate surface area is 115 Å². The molecule has 4 nitrogen and oxygen atoms in total. The smallest absolute Gasteiger partial charge is 0.331 e. The third-order valence-corrected chi connectivity index (χ3v) is 3.07. The Morgan fingerprint density at radius 2 is 2.26 bits per heavy atom. The average Bonchev–Trinajstić information content (AvgIpc) is 2.66. The van der Waals surface area contributed by atoms with Gasteiger partial charge in [0, 0.05) is 22.0 Å². The number of carboxylic acids is 1. The molecule has 0 atom stereocenters. The van der Waals surface area contributed by atoms with Crippen molar-refractivity contribution in [1.82, 2.24) is 4.98 Å². The summed E-state index contributed by atoms with van der Waals surface area (Å²) in [5.74, 6) is -0.236. The third kappa shape index (κ3) is 2.74. The van der Waals surface area contributed by atoms with Crippen LogP contribution in [0.25, 0.3) is 17.0 Å². The maximum Gasteiger partial charge on any atom is 0.331 e. The number of carbonyl (C=O) groups is 1. The Balaban J connectivity index is 2.58. The van der Waals surface area contributed by atoms with Gasteiger partial charge in [-0.25, -0.2) is 4.79 Å². The molecule has 0 aliphatic carbocycles. The van der Waals surface area contributed by atoms with Crippen molar-refractivity contribution in [2.24, 2.45) is 0 Å². The van der Waals surface area contributed by atoms with E-state index in [1.165, 1.54) is 6.92 Å². The van der Waals surface area contributed by atoms with E-state index in [1.807, 2.05) is 25.1 Å². The number of ether oxygens (including phenoxy) is 1. The van der Waals surface area contributed by atoms with Crippen LogP contribution in [0.2, 0.25) is 5.15 Å². The molecule has 0 amide bonds. The number of hydrogen-bond donors (Lipinski definition) is 2. The van der Waals surface area contributed by atoms with Crippen LogP contribution in [0.3, 0.4) is 0 Å². The second-order valence-electron chi connectivity index (χ2n) is 4.13. The van der Waals surface area contributed by atoms with Crippen molar-refractivity contribution in [2.45, 2.75) is 13.8 Å². The number of rotatable bonds is 4. The predicted octanol–water partition coefficient (Wildman–Crippen LogP) is 3.71. The lowest BCUT2D eigenvalue weighted by Crippen LogP contribution is -1.95. The van der Waals surface area contributed by atoms with Gasteiger partial charge in [-0.2, -0.15) is 0 Å². The van der Waals surface area contributed by atoms with E-state index in [0.29, 0.717) is 17.3 Å². The number of fused-ring (bicyclic) bond motifs is 1. The van der Waals surface area contributed by atoms with Gasteiger partial charge in [0.1, 0.15) is 10.9 Å². The number of hydrogen-bond acceptors (Lipinski definition) is 2. The van der Waals surface area contributed by atoms with Crippen LogP contribution in [0.4, 0.5) is 0 Å². The standard InChI is InChI=1S/C14H14ClNO3/c1-3-19-9-4-5-12-10(7-9)11(13(15)16-12)6-8(2)14(17)18/h4-7,16H,3H2,1-2H3,(H,17,18)/b8-6+. The van der Waals surface area contributed by atoms with E-state index in [9.17, 15) is 4.79 Å². The fourth-order valence-corrected chi connectivity index (χ4v) is 2.09. The molecule has 0 unspecified atom stereocenters. The topological polar surface area (TPSA) is 62.3 Å². The fourth-order valence-electron chi connectivity index (χ4n) is 1.83. The number of H-pyrrole nitrogens is 1. The van der Waals surface area contributed by atoms with Crippen molar-refractivity contribution in [2.75, 3.05) is 6.61 Å². The zero-order valence-corrected chi connectivity index (χ0v) is 11.4. The quantitative estimate of drug-likeness (QED) is 0.839. The monoisotopic (exact) mass is 279 g/mol. The van der Waals surface area contributed by atoms with E-state index in [2.05, 4.69) is 4.98 Å². The number of nitrogens with one attached hydrogen (secondary N) is 1. The number of halogens is 1. The first-order valence-electron chi connectivity index (χ1n) is 5.88. The molecule has 100 valence electrons. The number of carboxylic acid groups (broad SMARTS) is 1. The molecule has 0 fully saturated rings. The molecule has 0 bridgehead atoms. The van der Waals surface area contributed by atoms with Crippen molar-refractivity contribution < 1.29 is 14.6 Å². The molecule has 0 saturated heterocycles. The molecule has 1 heterocycles. The summed E-state index contributed by atoms with van der Waals surface area (Å²) in [7, 11) is 0. The van der Waals surface area contributed by atoms with Crippen molar-refractivity contribution >= 4 is 34.5 Å². The summed E-state index contributed by atoms with van der Waals surface area (Å²) in [6.45, 7) is 4.01. The van der Waals surface area contributed by atoms with Crippen molar-refractivity contribution in [3.63, 3.8) is 0 Å². The van der Waals surface area contributed by atoms with Gasteiger partial charge in [-0.3, -0.25) is 0 Å². The number of aliphatic carboxylic acids is 1. The van der Waals surface area contributed by atoms with Gasteiger partial charge in [0.2, 0.25) is 0 Å². The predicted molar refractivity (Wildman–Crippen MR) is 75.8 cm³/mol. The van der Waals surface area contributed by atoms with Gasteiger partial charge < -0.3 is 14.8 Å². The first-order chi connectivity index (χ1) is 9.02. The van der Waals surface area contributed by atoms with Crippen molar-refractivity contribution in [3.8, 4) is 5.75 Å². The highest BCUT2D eigenvalue weighted by Gasteiger charge is 2.11. The molecule has 0 saturated carbocycles. The van der Waals surface area contributed by atoms with Crippen LogP contribution in [-0.2, 0) is 4.79 Å². The van der Waals surface area contributed by atoms with Gasteiger partial charge in [0.05, 0.1) is 6.61 Å². The number of aromatic nitrogens is 1. The summed E-state index contributed by atoms with van der Waals surface area (Å²) in [5, 5.41) is 10.2. The normalized spacial score (nSPS) is 11.8. The van der Waals surface area contributed by atoms with E-state index >= 15 is 0 Å². The van der Waals surface area contributed by atoms with Gasteiger partial charge in [0.15, 0.2) is 0 Å². The molecule has 0 aliphatic rings. The zero-order chi connectivity index (χ0) is 14.0. The Kier molecular flexibility index (Phi) is 3.81. The van der Waals surface area contributed by atoms with E-state index in [1.54, 1.807) is 6.08 Å². The minimum absolute atomic E-state index is 0.226. The Bertz CT molecular complexity index is 658. The molecule has 2 N–H and O–H groups in total. The summed E-state index contributed by atoms with van der Waals surface area (Å²) in [6.07, 6.45) is 1.55. The molecule has 1 aromatic heterocycles. The lowest BCUT2D eigenvalue weighted by Gasteiger charge is -2.02. The number of aromatic amines is 1. The molecule has 0 aliphatic heterocycles. The second kappa shape index (κ2) is 5.36. The van der Waals surface area contributed by atoms with Crippen LogP contribution in [0, 0.1) is 0 Å².